The molecule has 1 unspecified atom stereocenters. The normalized spacial score (nSPS) is 32.2. The minimum atomic E-state index is -0.649. The van der Waals surface area contributed by atoms with Gasteiger partial charge in [-0.2, -0.15) is 0 Å². The maximum Gasteiger partial charge on any atom is 0.108 e. The standard InChI is InChI=1S/C10H15NOS/c1-9(2)3-4-10(12,6-9)8-5-13-7-11-8/h5,7,12H,3-4,6H2,1-2H3. The van der Waals surface area contributed by atoms with Gasteiger partial charge in [-0.25, -0.2) is 4.98 Å². The Morgan fingerprint density at radius 3 is 2.69 bits per heavy atom. The first-order valence-electron chi connectivity index (χ1n) is 4.63. The Labute approximate surface area is 82.6 Å². The third-order valence-electron chi connectivity index (χ3n) is 2.90. The Morgan fingerprint density at radius 1 is 1.46 bits per heavy atom. The maximum absolute atomic E-state index is 10.3. The number of hydrogen-bond acceptors (Lipinski definition) is 3. The highest BCUT2D eigenvalue weighted by molar-refractivity contribution is 7.07. The van der Waals surface area contributed by atoms with E-state index in [0.29, 0.717) is 0 Å². The molecule has 2 nitrogen and oxygen atoms in total. The molecular weight excluding hydrogens is 182 g/mol. The van der Waals surface area contributed by atoms with Crippen molar-refractivity contribution in [2.24, 2.45) is 5.41 Å². The van der Waals surface area contributed by atoms with Crippen LogP contribution in [0.15, 0.2) is 10.9 Å². The van der Waals surface area contributed by atoms with Crippen molar-refractivity contribution in [3.05, 3.63) is 16.6 Å². The number of thiazole rings is 1. The molecule has 1 aliphatic carbocycles. The van der Waals surface area contributed by atoms with E-state index < -0.39 is 5.60 Å². The zero-order chi connectivity index (χ0) is 9.53. The molecular formula is C10H15NOS. The largest absolute Gasteiger partial charge is 0.384 e. The zero-order valence-corrected chi connectivity index (χ0v) is 8.90. The molecule has 3 heteroatoms. The van der Waals surface area contributed by atoms with Crippen molar-refractivity contribution >= 4 is 11.3 Å². The van der Waals surface area contributed by atoms with E-state index in [4.69, 9.17) is 0 Å². The summed E-state index contributed by atoms with van der Waals surface area (Å²) in [5, 5.41) is 12.3. The van der Waals surface area contributed by atoms with Gasteiger partial charge in [0.2, 0.25) is 0 Å². The molecule has 0 radical (unpaired) electrons. The molecule has 0 aliphatic heterocycles. The molecule has 1 saturated carbocycles. The lowest BCUT2D eigenvalue weighted by atomic mass is 9.88. The van der Waals surface area contributed by atoms with Crippen molar-refractivity contribution in [2.45, 2.75) is 38.7 Å². The molecule has 0 saturated heterocycles. The van der Waals surface area contributed by atoms with Crippen LogP contribution in [0.4, 0.5) is 0 Å². The van der Waals surface area contributed by atoms with Gasteiger partial charge < -0.3 is 5.11 Å². The quantitative estimate of drug-likeness (QED) is 0.750. The summed E-state index contributed by atoms with van der Waals surface area (Å²) in [6.07, 6.45) is 2.77. The van der Waals surface area contributed by atoms with Crippen LogP contribution in [0.1, 0.15) is 38.8 Å². The Hall–Kier alpha value is -0.410. The number of aliphatic hydroxyl groups is 1. The summed E-state index contributed by atoms with van der Waals surface area (Å²) in [6, 6.07) is 0. The van der Waals surface area contributed by atoms with Crippen molar-refractivity contribution in [3.63, 3.8) is 0 Å². The molecule has 1 N–H and O–H groups in total. The summed E-state index contributed by atoms with van der Waals surface area (Å²) in [7, 11) is 0. The second kappa shape index (κ2) is 2.79. The van der Waals surface area contributed by atoms with Crippen LogP contribution in [0, 0.1) is 5.41 Å². The fraction of sp³-hybridized carbons (Fsp3) is 0.700. The van der Waals surface area contributed by atoms with E-state index in [1.165, 1.54) is 0 Å². The van der Waals surface area contributed by atoms with E-state index in [9.17, 15) is 5.11 Å². The second-order valence-electron chi connectivity index (χ2n) is 4.75. The summed E-state index contributed by atoms with van der Waals surface area (Å²) in [4.78, 5) is 4.20. The second-order valence-corrected chi connectivity index (χ2v) is 5.46. The minimum absolute atomic E-state index is 0.262. The van der Waals surface area contributed by atoms with E-state index >= 15 is 0 Å². The highest BCUT2D eigenvalue weighted by atomic mass is 32.1. The summed E-state index contributed by atoms with van der Waals surface area (Å²) >= 11 is 1.55. The SMILES string of the molecule is CC1(C)CCC(O)(c2cscn2)C1. The molecule has 13 heavy (non-hydrogen) atoms. The Balaban J connectivity index is 2.25. The highest BCUT2D eigenvalue weighted by Crippen LogP contribution is 2.48. The van der Waals surface area contributed by atoms with E-state index in [1.807, 2.05) is 5.38 Å². The summed E-state index contributed by atoms with van der Waals surface area (Å²) < 4.78 is 0. The molecule has 1 heterocycles. The van der Waals surface area contributed by atoms with Crippen molar-refractivity contribution in [3.8, 4) is 0 Å². The minimum Gasteiger partial charge on any atom is -0.384 e. The lowest BCUT2D eigenvalue weighted by Crippen LogP contribution is -2.23. The van der Waals surface area contributed by atoms with Crippen molar-refractivity contribution in [1.29, 1.82) is 0 Å². The van der Waals surface area contributed by atoms with E-state index in [1.54, 1.807) is 16.8 Å². The van der Waals surface area contributed by atoms with Gasteiger partial charge in [-0.1, -0.05) is 13.8 Å². The molecule has 0 bridgehead atoms. The first-order valence-corrected chi connectivity index (χ1v) is 5.57. The lowest BCUT2D eigenvalue weighted by Gasteiger charge is -2.23. The van der Waals surface area contributed by atoms with Gasteiger partial charge in [0.15, 0.2) is 0 Å². The van der Waals surface area contributed by atoms with E-state index in [-0.39, 0.29) is 5.41 Å². The maximum atomic E-state index is 10.3. The molecule has 2 rings (SSSR count). The van der Waals surface area contributed by atoms with Crippen LogP contribution in [0.3, 0.4) is 0 Å². The van der Waals surface area contributed by atoms with Crippen molar-refractivity contribution in [2.75, 3.05) is 0 Å². The number of hydrogen-bond donors (Lipinski definition) is 1. The van der Waals surface area contributed by atoms with Crippen LogP contribution in [0.25, 0.3) is 0 Å². The van der Waals surface area contributed by atoms with Gasteiger partial charge >= 0.3 is 0 Å². The molecule has 0 amide bonds. The summed E-state index contributed by atoms with van der Waals surface area (Å²) in [6.45, 7) is 4.41. The van der Waals surface area contributed by atoms with Crippen LogP contribution in [-0.4, -0.2) is 10.1 Å². The van der Waals surface area contributed by atoms with Gasteiger partial charge in [-0.3, -0.25) is 0 Å². The third kappa shape index (κ3) is 1.63. The topological polar surface area (TPSA) is 33.1 Å². The van der Waals surface area contributed by atoms with Gasteiger partial charge in [-0.05, 0) is 24.7 Å². The molecule has 0 aromatic carbocycles. The number of nitrogens with zero attached hydrogens (tertiary/aromatic N) is 1. The van der Waals surface area contributed by atoms with E-state index in [2.05, 4.69) is 18.8 Å². The average Bonchev–Trinajstić information content (AvgIpc) is 2.58. The number of rotatable bonds is 1. The molecule has 1 aromatic heterocycles. The Bertz CT molecular complexity index is 294. The van der Waals surface area contributed by atoms with E-state index in [0.717, 1.165) is 25.0 Å². The first-order chi connectivity index (χ1) is 6.02. The molecule has 1 aliphatic rings. The third-order valence-corrected chi connectivity index (χ3v) is 3.48. The number of aromatic nitrogens is 1. The molecule has 72 valence electrons. The Kier molecular flexibility index (Phi) is 1.96. The van der Waals surface area contributed by atoms with Crippen molar-refractivity contribution in [1.82, 2.24) is 4.98 Å². The monoisotopic (exact) mass is 197 g/mol. The average molecular weight is 197 g/mol. The molecule has 0 spiro atoms. The highest BCUT2D eigenvalue weighted by Gasteiger charge is 2.43. The van der Waals surface area contributed by atoms with Crippen molar-refractivity contribution < 1.29 is 5.11 Å². The Morgan fingerprint density at radius 2 is 2.23 bits per heavy atom. The molecule has 1 atom stereocenters. The predicted molar refractivity (Wildman–Crippen MR) is 53.6 cm³/mol. The van der Waals surface area contributed by atoms with Crippen LogP contribution < -0.4 is 0 Å². The van der Waals surface area contributed by atoms with Crippen LogP contribution in [0.2, 0.25) is 0 Å². The van der Waals surface area contributed by atoms with Crippen LogP contribution in [-0.2, 0) is 5.60 Å². The van der Waals surface area contributed by atoms with Gasteiger partial charge in [0, 0.05) is 5.38 Å². The van der Waals surface area contributed by atoms with Gasteiger partial charge in [-0.15, -0.1) is 11.3 Å². The lowest BCUT2D eigenvalue weighted by molar-refractivity contribution is 0.0301. The fourth-order valence-electron chi connectivity index (χ4n) is 2.17. The first kappa shape index (κ1) is 9.16. The summed E-state index contributed by atoms with van der Waals surface area (Å²) in [5.41, 5.74) is 2.27. The van der Waals surface area contributed by atoms with Crippen LogP contribution in [0.5, 0.6) is 0 Å². The predicted octanol–water partition coefficient (Wildman–Crippen LogP) is 2.54. The van der Waals surface area contributed by atoms with Gasteiger partial charge in [0.1, 0.15) is 5.60 Å². The van der Waals surface area contributed by atoms with Crippen LogP contribution >= 0.6 is 11.3 Å². The summed E-state index contributed by atoms with van der Waals surface area (Å²) in [5.74, 6) is 0. The van der Waals surface area contributed by atoms with Gasteiger partial charge in [0.25, 0.3) is 0 Å². The fourth-order valence-corrected chi connectivity index (χ4v) is 2.82. The molecule has 1 aromatic rings. The molecule has 1 fully saturated rings. The smallest absolute Gasteiger partial charge is 0.108 e. The van der Waals surface area contributed by atoms with Gasteiger partial charge in [0.05, 0.1) is 11.2 Å². The zero-order valence-electron chi connectivity index (χ0n) is 8.08.